The van der Waals surface area contributed by atoms with Gasteiger partial charge in [0.25, 0.3) is 0 Å². The predicted octanol–water partition coefficient (Wildman–Crippen LogP) is 1.94. The van der Waals surface area contributed by atoms with Gasteiger partial charge in [0.05, 0.1) is 11.9 Å². The van der Waals surface area contributed by atoms with E-state index in [1.165, 1.54) is 25.8 Å². The monoisotopic (exact) mass is 205 g/mol. The highest BCUT2D eigenvalue weighted by Crippen LogP contribution is 2.09. The number of hydrogen-bond acceptors (Lipinski definition) is 3. The van der Waals surface area contributed by atoms with E-state index in [1.54, 1.807) is 0 Å². The summed E-state index contributed by atoms with van der Waals surface area (Å²) in [5.74, 6) is 0. The van der Waals surface area contributed by atoms with Gasteiger partial charge in [0.15, 0.2) is 0 Å². The molecule has 1 unspecified atom stereocenters. The van der Waals surface area contributed by atoms with E-state index in [0.29, 0.717) is 6.04 Å². The third-order valence-electron chi connectivity index (χ3n) is 2.88. The minimum atomic E-state index is 0.625. The molecule has 1 aliphatic heterocycles. The smallest absolute Gasteiger partial charge is 0.0527 e. The van der Waals surface area contributed by atoms with Gasteiger partial charge in [-0.2, -0.15) is 0 Å². The zero-order valence-corrected chi connectivity index (χ0v) is 9.29. The minimum absolute atomic E-state index is 0.625. The van der Waals surface area contributed by atoms with Crippen LogP contribution in [0.4, 0.5) is 5.69 Å². The molecule has 1 aromatic rings. The first-order valence-corrected chi connectivity index (χ1v) is 5.74. The van der Waals surface area contributed by atoms with Gasteiger partial charge in [-0.1, -0.05) is 6.42 Å². The first-order valence-electron chi connectivity index (χ1n) is 5.74. The summed E-state index contributed by atoms with van der Waals surface area (Å²) in [5.41, 5.74) is 2.18. The topological polar surface area (TPSA) is 37.0 Å². The summed E-state index contributed by atoms with van der Waals surface area (Å²) in [6.45, 7) is 4.18. The van der Waals surface area contributed by atoms with Gasteiger partial charge >= 0.3 is 0 Å². The fraction of sp³-hybridized carbons (Fsp3) is 0.583. The van der Waals surface area contributed by atoms with E-state index < -0.39 is 0 Å². The van der Waals surface area contributed by atoms with Gasteiger partial charge in [-0.15, -0.1) is 0 Å². The zero-order chi connectivity index (χ0) is 10.5. The number of nitrogens with zero attached hydrogens (tertiary/aromatic N) is 1. The molecule has 3 nitrogen and oxygen atoms in total. The highest BCUT2D eigenvalue weighted by Gasteiger charge is 2.11. The molecule has 0 aromatic carbocycles. The van der Waals surface area contributed by atoms with Crippen molar-refractivity contribution in [2.24, 2.45) is 0 Å². The largest absolute Gasteiger partial charge is 0.382 e. The quantitative estimate of drug-likeness (QED) is 0.792. The molecular weight excluding hydrogens is 186 g/mol. The number of pyridine rings is 1. The van der Waals surface area contributed by atoms with Crippen LogP contribution in [0.25, 0.3) is 0 Å². The van der Waals surface area contributed by atoms with Gasteiger partial charge in [0, 0.05) is 18.3 Å². The lowest BCUT2D eigenvalue weighted by molar-refractivity contribution is 0.414. The molecule has 3 heteroatoms. The van der Waals surface area contributed by atoms with E-state index in [1.807, 2.05) is 19.2 Å². The Balaban J connectivity index is 1.79. The van der Waals surface area contributed by atoms with Crippen LogP contribution < -0.4 is 10.6 Å². The van der Waals surface area contributed by atoms with Gasteiger partial charge in [-0.05, 0) is 38.4 Å². The molecule has 1 aliphatic rings. The standard InChI is InChI=1S/C12H19N3/c1-10-5-6-12(8-14-10)15-9-11-4-2-3-7-13-11/h5-6,8,11,13,15H,2-4,7,9H2,1H3. The van der Waals surface area contributed by atoms with Crippen molar-refractivity contribution in [2.45, 2.75) is 32.2 Å². The maximum atomic E-state index is 4.26. The molecule has 82 valence electrons. The Morgan fingerprint density at radius 1 is 1.47 bits per heavy atom. The van der Waals surface area contributed by atoms with Gasteiger partial charge in [-0.3, -0.25) is 4.98 Å². The van der Waals surface area contributed by atoms with Crippen LogP contribution >= 0.6 is 0 Å². The molecule has 1 fully saturated rings. The van der Waals surface area contributed by atoms with Gasteiger partial charge in [-0.25, -0.2) is 0 Å². The third kappa shape index (κ3) is 3.20. The Labute approximate surface area is 91.3 Å². The first-order chi connectivity index (χ1) is 7.34. The van der Waals surface area contributed by atoms with Crippen LogP contribution in [-0.2, 0) is 0 Å². The van der Waals surface area contributed by atoms with Crippen molar-refractivity contribution in [3.05, 3.63) is 24.0 Å². The number of anilines is 1. The van der Waals surface area contributed by atoms with Crippen molar-refractivity contribution in [3.63, 3.8) is 0 Å². The molecule has 15 heavy (non-hydrogen) atoms. The highest BCUT2D eigenvalue weighted by atomic mass is 15.0. The Kier molecular flexibility index (Phi) is 3.56. The maximum Gasteiger partial charge on any atom is 0.0527 e. The van der Waals surface area contributed by atoms with Gasteiger partial charge < -0.3 is 10.6 Å². The number of rotatable bonds is 3. The van der Waals surface area contributed by atoms with Crippen molar-refractivity contribution in [3.8, 4) is 0 Å². The molecule has 0 aliphatic carbocycles. The Bertz CT molecular complexity index is 288. The molecule has 0 saturated carbocycles. The van der Waals surface area contributed by atoms with E-state index in [9.17, 15) is 0 Å². The molecule has 1 aromatic heterocycles. The Morgan fingerprint density at radius 2 is 2.40 bits per heavy atom. The second-order valence-corrected chi connectivity index (χ2v) is 4.22. The van der Waals surface area contributed by atoms with Crippen LogP contribution in [0.1, 0.15) is 25.0 Å². The summed E-state index contributed by atoms with van der Waals surface area (Å²) in [5, 5.41) is 6.93. The first kappa shape index (κ1) is 10.4. The molecule has 0 radical (unpaired) electrons. The number of piperidine rings is 1. The van der Waals surface area contributed by atoms with Gasteiger partial charge in [0.1, 0.15) is 0 Å². The summed E-state index contributed by atoms with van der Waals surface area (Å²) >= 11 is 0. The second-order valence-electron chi connectivity index (χ2n) is 4.22. The van der Waals surface area contributed by atoms with E-state index in [4.69, 9.17) is 0 Å². The lowest BCUT2D eigenvalue weighted by Gasteiger charge is -2.23. The molecule has 0 bridgehead atoms. The molecule has 0 amide bonds. The van der Waals surface area contributed by atoms with Crippen LogP contribution in [0.15, 0.2) is 18.3 Å². The fourth-order valence-corrected chi connectivity index (χ4v) is 1.91. The molecule has 1 atom stereocenters. The van der Waals surface area contributed by atoms with E-state index in [0.717, 1.165) is 17.9 Å². The summed E-state index contributed by atoms with van der Waals surface area (Å²) in [7, 11) is 0. The molecule has 1 saturated heterocycles. The van der Waals surface area contributed by atoms with Crippen LogP contribution in [0, 0.1) is 6.92 Å². The van der Waals surface area contributed by atoms with Gasteiger partial charge in [0.2, 0.25) is 0 Å². The Morgan fingerprint density at radius 3 is 3.07 bits per heavy atom. The number of aromatic nitrogens is 1. The molecule has 2 heterocycles. The lowest BCUT2D eigenvalue weighted by atomic mass is 10.1. The van der Waals surface area contributed by atoms with Crippen LogP contribution in [0.5, 0.6) is 0 Å². The molecular formula is C12H19N3. The number of hydrogen-bond donors (Lipinski definition) is 2. The normalized spacial score (nSPS) is 21.3. The lowest BCUT2D eigenvalue weighted by Crippen LogP contribution is -2.39. The molecule has 2 N–H and O–H groups in total. The summed E-state index contributed by atoms with van der Waals surface area (Å²) in [6.07, 6.45) is 5.86. The van der Waals surface area contributed by atoms with Crippen LogP contribution in [-0.4, -0.2) is 24.1 Å². The van der Waals surface area contributed by atoms with Crippen molar-refractivity contribution in [1.82, 2.24) is 10.3 Å². The highest BCUT2D eigenvalue weighted by molar-refractivity contribution is 5.40. The Hall–Kier alpha value is -1.09. The SMILES string of the molecule is Cc1ccc(NCC2CCCCN2)cn1. The molecule has 2 rings (SSSR count). The van der Waals surface area contributed by atoms with Crippen LogP contribution in [0.3, 0.4) is 0 Å². The minimum Gasteiger partial charge on any atom is -0.382 e. The van der Waals surface area contributed by atoms with Crippen molar-refractivity contribution < 1.29 is 0 Å². The zero-order valence-electron chi connectivity index (χ0n) is 9.29. The fourth-order valence-electron chi connectivity index (χ4n) is 1.91. The average Bonchev–Trinajstić information content (AvgIpc) is 2.30. The summed E-state index contributed by atoms with van der Waals surface area (Å²) < 4.78 is 0. The van der Waals surface area contributed by atoms with Crippen molar-refractivity contribution >= 4 is 5.69 Å². The number of aryl methyl sites for hydroxylation is 1. The van der Waals surface area contributed by atoms with E-state index in [2.05, 4.69) is 21.7 Å². The van der Waals surface area contributed by atoms with E-state index in [-0.39, 0.29) is 0 Å². The summed E-state index contributed by atoms with van der Waals surface area (Å²) in [4.78, 5) is 4.26. The third-order valence-corrected chi connectivity index (χ3v) is 2.88. The predicted molar refractivity (Wildman–Crippen MR) is 63.1 cm³/mol. The van der Waals surface area contributed by atoms with Crippen LogP contribution in [0.2, 0.25) is 0 Å². The van der Waals surface area contributed by atoms with E-state index >= 15 is 0 Å². The van der Waals surface area contributed by atoms with Crippen molar-refractivity contribution in [1.29, 1.82) is 0 Å². The number of nitrogens with one attached hydrogen (secondary N) is 2. The average molecular weight is 205 g/mol. The van der Waals surface area contributed by atoms with Crippen molar-refractivity contribution in [2.75, 3.05) is 18.4 Å². The second kappa shape index (κ2) is 5.12. The maximum absolute atomic E-state index is 4.26. The molecule has 0 spiro atoms. The summed E-state index contributed by atoms with van der Waals surface area (Å²) in [6, 6.07) is 4.75.